The highest BCUT2D eigenvalue weighted by Crippen LogP contribution is 2.21. The fourth-order valence-electron chi connectivity index (χ4n) is 0.964. The SMILES string of the molecule is COC(=O)C(C)(N)CSc1ccc(Br)cn1. The molecule has 0 radical (unpaired) electrons. The molecule has 0 aromatic carbocycles. The van der Waals surface area contributed by atoms with Gasteiger partial charge in [-0.15, -0.1) is 11.8 Å². The summed E-state index contributed by atoms with van der Waals surface area (Å²) in [6.45, 7) is 1.64. The maximum Gasteiger partial charge on any atom is 0.326 e. The van der Waals surface area contributed by atoms with Crippen LogP contribution in [0.2, 0.25) is 0 Å². The second-order valence-corrected chi connectivity index (χ2v) is 5.42. The Morgan fingerprint density at radius 1 is 1.69 bits per heavy atom. The first-order valence-electron chi connectivity index (χ1n) is 4.57. The van der Waals surface area contributed by atoms with E-state index in [1.807, 2.05) is 12.1 Å². The van der Waals surface area contributed by atoms with Crippen molar-refractivity contribution in [1.29, 1.82) is 0 Å². The van der Waals surface area contributed by atoms with Gasteiger partial charge in [-0.1, -0.05) is 0 Å². The van der Waals surface area contributed by atoms with Crippen molar-refractivity contribution < 1.29 is 9.53 Å². The molecule has 1 unspecified atom stereocenters. The van der Waals surface area contributed by atoms with E-state index in [2.05, 4.69) is 25.7 Å². The minimum Gasteiger partial charge on any atom is -0.468 e. The number of esters is 1. The Balaban J connectivity index is 2.57. The molecule has 1 heterocycles. The van der Waals surface area contributed by atoms with Crippen LogP contribution in [-0.4, -0.2) is 29.4 Å². The highest BCUT2D eigenvalue weighted by atomic mass is 79.9. The van der Waals surface area contributed by atoms with E-state index < -0.39 is 11.5 Å². The zero-order chi connectivity index (χ0) is 12.2. The lowest BCUT2D eigenvalue weighted by Crippen LogP contribution is -2.48. The molecule has 1 aromatic rings. The summed E-state index contributed by atoms with van der Waals surface area (Å²) in [7, 11) is 1.33. The van der Waals surface area contributed by atoms with E-state index in [4.69, 9.17) is 5.73 Å². The summed E-state index contributed by atoms with van der Waals surface area (Å²) >= 11 is 4.72. The fourth-order valence-corrected chi connectivity index (χ4v) is 2.06. The van der Waals surface area contributed by atoms with Crippen LogP contribution < -0.4 is 5.73 Å². The topological polar surface area (TPSA) is 65.2 Å². The lowest BCUT2D eigenvalue weighted by Gasteiger charge is -2.20. The number of pyridine rings is 1. The number of hydrogen-bond acceptors (Lipinski definition) is 5. The molecule has 0 saturated heterocycles. The van der Waals surface area contributed by atoms with Crippen LogP contribution in [0.5, 0.6) is 0 Å². The maximum absolute atomic E-state index is 11.3. The molecular formula is C10H13BrN2O2S. The van der Waals surface area contributed by atoms with Gasteiger partial charge in [0.15, 0.2) is 0 Å². The molecule has 1 atom stereocenters. The number of ether oxygens (including phenoxy) is 1. The third-order valence-corrected chi connectivity index (χ3v) is 3.62. The van der Waals surface area contributed by atoms with E-state index >= 15 is 0 Å². The molecule has 88 valence electrons. The van der Waals surface area contributed by atoms with Crippen LogP contribution in [0.3, 0.4) is 0 Å². The summed E-state index contributed by atoms with van der Waals surface area (Å²) in [5, 5.41) is 0.823. The predicted molar refractivity (Wildman–Crippen MR) is 67.3 cm³/mol. The molecule has 0 bridgehead atoms. The molecule has 6 heteroatoms. The number of aromatic nitrogens is 1. The number of rotatable bonds is 4. The van der Waals surface area contributed by atoms with Crippen molar-refractivity contribution in [3.05, 3.63) is 22.8 Å². The van der Waals surface area contributed by atoms with Gasteiger partial charge in [-0.2, -0.15) is 0 Å². The summed E-state index contributed by atoms with van der Waals surface area (Å²) in [4.78, 5) is 15.5. The number of nitrogens with zero attached hydrogens (tertiary/aromatic N) is 1. The van der Waals surface area contributed by atoms with Crippen molar-refractivity contribution in [2.45, 2.75) is 17.5 Å². The zero-order valence-electron chi connectivity index (χ0n) is 9.07. The molecular weight excluding hydrogens is 292 g/mol. The van der Waals surface area contributed by atoms with Crippen molar-refractivity contribution in [2.75, 3.05) is 12.9 Å². The van der Waals surface area contributed by atoms with Crippen LogP contribution in [0.15, 0.2) is 27.8 Å². The number of nitrogens with two attached hydrogens (primary N) is 1. The summed E-state index contributed by atoms with van der Waals surface area (Å²) in [5.74, 6) is 0.00557. The minimum absolute atomic E-state index is 0.419. The molecule has 16 heavy (non-hydrogen) atoms. The van der Waals surface area contributed by atoms with E-state index in [9.17, 15) is 4.79 Å². The van der Waals surface area contributed by atoms with E-state index in [0.717, 1.165) is 9.50 Å². The number of carbonyl (C=O) groups is 1. The first-order chi connectivity index (χ1) is 7.45. The Labute approximate surface area is 107 Å². The molecule has 0 spiro atoms. The molecule has 0 amide bonds. The largest absolute Gasteiger partial charge is 0.468 e. The van der Waals surface area contributed by atoms with Gasteiger partial charge in [0.05, 0.1) is 12.1 Å². The molecule has 0 aliphatic rings. The van der Waals surface area contributed by atoms with Crippen LogP contribution in [0, 0.1) is 0 Å². The van der Waals surface area contributed by atoms with Crippen LogP contribution in [0.25, 0.3) is 0 Å². The van der Waals surface area contributed by atoms with Gasteiger partial charge in [-0.3, -0.25) is 4.79 Å². The Morgan fingerprint density at radius 2 is 2.38 bits per heavy atom. The van der Waals surface area contributed by atoms with Gasteiger partial charge < -0.3 is 10.5 Å². The molecule has 4 nitrogen and oxygen atoms in total. The van der Waals surface area contributed by atoms with Crippen LogP contribution >= 0.6 is 27.7 Å². The average Bonchev–Trinajstić information content (AvgIpc) is 2.27. The number of thioether (sulfide) groups is 1. The first kappa shape index (κ1) is 13.5. The fraction of sp³-hybridized carbons (Fsp3) is 0.400. The summed E-state index contributed by atoms with van der Waals surface area (Å²) in [6, 6.07) is 3.75. The Kier molecular flexibility index (Phi) is 4.76. The lowest BCUT2D eigenvalue weighted by molar-refractivity contribution is -0.145. The van der Waals surface area contributed by atoms with Gasteiger partial charge in [0, 0.05) is 16.4 Å². The van der Waals surface area contributed by atoms with E-state index in [0.29, 0.717) is 5.75 Å². The number of methoxy groups -OCH3 is 1. The Hall–Kier alpha value is -0.590. The third kappa shape index (κ3) is 3.77. The van der Waals surface area contributed by atoms with Gasteiger partial charge in [-0.25, -0.2) is 4.98 Å². The summed E-state index contributed by atoms with van der Waals surface area (Å²) in [5.41, 5.74) is 4.82. The first-order valence-corrected chi connectivity index (χ1v) is 6.35. The maximum atomic E-state index is 11.3. The smallest absolute Gasteiger partial charge is 0.326 e. The van der Waals surface area contributed by atoms with Gasteiger partial charge in [0.25, 0.3) is 0 Å². The van der Waals surface area contributed by atoms with E-state index in [-0.39, 0.29) is 0 Å². The molecule has 2 N–H and O–H groups in total. The van der Waals surface area contributed by atoms with Crippen LogP contribution in [0.4, 0.5) is 0 Å². The molecule has 0 fully saturated rings. The van der Waals surface area contributed by atoms with Crippen molar-refractivity contribution in [3.8, 4) is 0 Å². The number of carbonyl (C=O) groups excluding carboxylic acids is 1. The van der Waals surface area contributed by atoms with Crippen LogP contribution in [-0.2, 0) is 9.53 Å². The van der Waals surface area contributed by atoms with Crippen molar-refractivity contribution in [2.24, 2.45) is 5.73 Å². The molecule has 0 aliphatic carbocycles. The Bertz CT molecular complexity index is 368. The molecule has 0 aliphatic heterocycles. The number of hydrogen-bond donors (Lipinski definition) is 1. The Morgan fingerprint density at radius 3 is 2.88 bits per heavy atom. The molecule has 1 rings (SSSR count). The summed E-state index contributed by atoms with van der Waals surface area (Å²) < 4.78 is 5.53. The second kappa shape index (κ2) is 5.65. The lowest BCUT2D eigenvalue weighted by atomic mass is 10.1. The van der Waals surface area contributed by atoms with E-state index in [1.165, 1.54) is 18.9 Å². The minimum atomic E-state index is -0.992. The van der Waals surface area contributed by atoms with Gasteiger partial charge >= 0.3 is 5.97 Å². The van der Waals surface area contributed by atoms with E-state index in [1.54, 1.807) is 13.1 Å². The highest BCUT2D eigenvalue weighted by molar-refractivity contribution is 9.10. The highest BCUT2D eigenvalue weighted by Gasteiger charge is 2.29. The average molecular weight is 305 g/mol. The molecule has 1 aromatic heterocycles. The second-order valence-electron chi connectivity index (χ2n) is 3.51. The van der Waals surface area contributed by atoms with Crippen molar-refractivity contribution >= 4 is 33.7 Å². The van der Waals surface area contributed by atoms with Crippen molar-refractivity contribution in [3.63, 3.8) is 0 Å². The van der Waals surface area contributed by atoms with Gasteiger partial charge in [0.2, 0.25) is 0 Å². The van der Waals surface area contributed by atoms with Crippen LogP contribution in [0.1, 0.15) is 6.92 Å². The monoisotopic (exact) mass is 304 g/mol. The van der Waals surface area contributed by atoms with Gasteiger partial charge in [0.1, 0.15) is 5.54 Å². The van der Waals surface area contributed by atoms with Gasteiger partial charge in [-0.05, 0) is 35.0 Å². The predicted octanol–water partition coefficient (Wildman–Crippen LogP) is 1.83. The quantitative estimate of drug-likeness (QED) is 0.679. The third-order valence-electron chi connectivity index (χ3n) is 1.87. The molecule has 0 saturated carbocycles. The number of halogens is 1. The summed E-state index contributed by atoms with van der Waals surface area (Å²) in [6.07, 6.45) is 1.70. The standard InChI is InChI=1S/C10H13BrN2O2S/c1-10(12,9(14)15-2)6-16-8-4-3-7(11)5-13-8/h3-5H,6,12H2,1-2H3. The zero-order valence-corrected chi connectivity index (χ0v) is 11.5. The normalized spacial score (nSPS) is 14.2. The van der Waals surface area contributed by atoms with Crippen molar-refractivity contribution in [1.82, 2.24) is 4.98 Å².